The van der Waals surface area contributed by atoms with Crippen molar-refractivity contribution in [2.75, 3.05) is 9.80 Å². The Bertz CT molecular complexity index is 4740. The van der Waals surface area contributed by atoms with Crippen molar-refractivity contribution in [2.24, 2.45) is 0 Å². The van der Waals surface area contributed by atoms with Gasteiger partial charge >= 0.3 is 0 Å². The lowest BCUT2D eigenvalue weighted by Crippen LogP contribution is -2.10. The highest BCUT2D eigenvalue weighted by Gasteiger charge is 2.24. The third-order valence-corrected chi connectivity index (χ3v) is 15.4. The molecule has 4 heterocycles. The summed E-state index contributed by atoms with van der Waals surface area (Å²) in [5, 5.41) is 12.9. The van der Waals surface area contributed by atoms with Crippen molar-refractivity contribution < 1.29 is 17.7 Å². The second-order valence-corrected chi connectivity index (χ2v) is 20.4. The molecule has 0 spiro atoms. The average Bonchev–Trinajstić information content (AvgIpc) is 4.20. The van der Waals surface area contributed by atoms with E-state index in [0.717, 1.165) is 143 Å². The predicted molar refractivity (Wildman–Crippen MR) is 308 cm³/mol. The van der Waals surface area contributed by atoms with Crippen LogP contribution in [0.5, 0.6) is 0 Å². The molecule has 4 aromatic heterocycles. The molecular weight excluding hydrogens is 909 g/mol. The average molecular weight is 957 g/mol. The van der Waals surface area contributed by atoms with Crippen molar-refractivity contribution in [2.45, 2.75) is 39.5 Å². The summed E-state index contributed by atoms with van der Waals surface area (Å²) in [6, 6.07) is 73.8. The van der Waals surface area contributed by atoms with E-state index in [0.29, 0.717) is 11.8 Å². The molecule has 0 saturated heterocycles. The molecule has 0 unspecified atom stereocenters. The Balaban J connectivity index is 0.873. The molecule has 15 rings (SSSR count). The molecule has 74 heavy (non-hydrogen) atoms. The van der Waals surface area contributed by atoms with Gasteiger partial charge in [-0.15, -0.1) is 0 Å². The number of hydrogen-bond acceptors (Lipinski definition) is 6. The summed E-state index contributed by atoms with van der Waals surface area (Å²) in [6.07, 6.45) is 0. The number of benzene rings is 11. The fourth-order valence-corrected chi connectivity index (χ4v) is 11.6. The van der Waals surface area contributed by atoms with Gasteiger partial charge in [0.2, 0.25) is 0 Å². The van der Waals surface area contributed by atoms with E-state index in [1.807, 2.05) is 24.3 Å². The second-order valence-electron chi connectivity index (χ2n) is 20.4. The third-order valence-electron chi connectivity index (χ3n) is 15.4. The predicted octanol–water partition coefficient (Wildman–Crippen LogP) is 20.8. The zero-order valence-electron chi connectivity index (χ0n) is 41.3. The summed E-state index contributed by atoms with van der Waals surface area (Å²) in [5.41, 5.74) is 15.7. The Morgan fingerprint density at radius 3 is 1.38 bits per heavy atom. The van der Waals surface area contributed by atoms with Crippen LogP contribution in [-0.2, 0) is 0 Å². The first-order valence-corrected chi connectivity index (χ1v) is 25.6. The van der Waals surface area contributed by atoms with E-state index >= 15 is 0 Å². The van der Waals surface area contributed by atoms with Gasteiger partial charge in [0.1, 0.15) is 44.7 Å². The molecular formula is C68H48N2O4. The van der Waals surface area contributed by atoms with Crippen molar-refractivity contribution >= 4 is 143 Å². The summed E-state index contributed by atoms with van der Waals surface area (Å²) in [4.78, 5) is 4.70. The van der Waals surface area contributed by atoms with Gasteiger partial charge in [-0.25, -0.2) is 0 Å². The standard InChI is InChI=1S/C68H48N2O4/c1-39(2)41-17-22-44(23-18-41)69(47-27-31-62-55(34-47)51-12-7-9-15-60(51)71-62)46-26-30-49-43(33-46)21-29-54-57-36-65-58(37-64(57)74-68(49)54)67-53-14-6-5-11-50(53)59(38-66(67)73-65)70(45-24-19-42(20-25-45)40(3)4)48-28-32-63-56(35-48)52-13-8-10-16-61(52)72-63/h5-40H,1-4H3. The van der Waals surface area contributed by atoms with E-state index in [-0.39, 0.29) is 0 Å². The molecule has 6 heteroatoms. The minimum Gasteiger partial charge on any atom is -0.456 e. The molecule has 0 amide bonds. The van der Waals surface area contributed by atoms with Crippen LogP contribution in [0.2, 0.25) is 0 Å². The van der Waals surface area contributed by atoms with E-state index in [1.165, 1.54) is 11.1 Å². The van der Waals surface area contributed by atoms with Crippen molar-refractivity contribution in [1.82, 2.24) is 0 Å². The SMILES string of the molecule is CC(C)c1ccc(N(c2ccc3c(ccc4c5cc6oc7cc(N(c8ccc(C(C)C)cc8)c8ccc9oc%10ccccc%10c9c8)c8ccccc8c7c6cc5oc34)c2)c2ccc3oc4ccccc4c3c2)cc1. The first-order valence-electron chi connectivity index (χ1n) is 25.6. The van der Waals surface area contributed by atoms with E-state index in [1.54, 1.807) is 0 Å². The van der Waals surface area contributed by atoms with Gasteiger partial charge in [-0.2, -0.15) is 0 Å². The van der Waals surface area contributed by atoms with Crippen LogP contribution in [0.4, 0.5) is 34.1 Å². The van der Waals surface area contributed by atoms with E-state index in [9.17, 15) is 0 Å². The largest absolute Gasteiger partial charge is 0.456 e. The monoisotopic (exact) mass is 956 g/mol. The molecule has 354 valence electrons. The summed E-state index contributed by atoms with van der Waals surface area (Å²) >= 11 is 0. The minimum atomic E-state index is 0.411. The van der Waals surface area contributed by atoms with Crippen molar-refractivity contribution in [3.05, 3.63) is 217 Å². The number of hydrogen-bond donors (Lipinski definition) is 0. The number of anilines is 6. The van der Waals surface area contributed by atoms with Crippen molar-refractivity contribution in [3.63, 3.8) is 0 Å². The minimum absolute atomic E-state index is 0.411. The van der Waals surface area contributed by atoms with Crippen LogP contribution in [-0.4, -0.2) is 0 Å². The fourth-order valence-electron chi connectivity index (χ4n) is 11.6. The Hall–Kier alpha value is -9.26. The molecule has 0 radical (unpaired) electrons. The lowest BCUT2D eigenvalue weighted by atomic mass is 9.99. The van der Waals surface area contributed by atoms with Gasteiger partial charge in [0.05, 0.1) is 5.69 Å². The number of nitrogens with zero attached hydrogens (tertiary/aromatic N) is 2. The van der Waals surface area contributed by atoms with Crippen LogP contribution in [0.1, 0.15) is 50.7 Å². The molecule has 6 nitrogen and oxygen atoms in total. The van der Waals surface area contributed by atoms with E-state index in [2.05, 4.69) is 219 Å². The van der Waals surface area contributed by atoms with Gasteiger partial charge in [0, 0.05) is 88.4 Å². The fraction of sp³-hybridized carbons (Fsp3) is 0.0882. The normalized spacial score (nSPS) is 12.3. The van der Waals surface area contributed by atoms with Gasteiger partial charge in [0.15, 0.2) is 0 Å². The summed E-state index contributed by atoms with van der Waals surface area (Å²) in [6.45, 7) is 8.94. The molecule has 0 aliphatic heterocycles. The van der Waals surface area contributed by atoms with Crippen molar-refractivity contribution in [3.8, 4) is 0 Å². The summed E-state index contributed by atoms with van der Waals surface area (Å²) in [7, 11) is 0. The Labute approximate surface area is 425 Å². The maximum atomic E-state index is 7.00. The molecule has 0 aliphatic rings. The van der Waals surface area contributed by atoms with Gasteiger partial charge in [-0.3, -0.25) is 0 Å². The van der Waals surface area contributed by atoms with Gasteiger partial charge in [0.25, 0.3) is 0 Å². The molecule has 0 saturated carbocycles. The highest BCUT2D eigenvalue weighted by atomic mass is 16.3. The number of rotatable bonds is 8. The first kappa shape index (κ1) is 42.4. The number of para-hydroxylation sites is 2. The van der Waals surface area contributed by atoms with Gasteiger partial charge in [-0.05, 0) is 143 Å². The Morgan fingerprint density at radius 1 is 0.284 bits per heavy atom. The van der Waals surface area contributed by atoms with E-state index in [4.69, 9.17) is 17.7 Å². The highest BCUT2D eigenvalue weighted by Crippen LogP contribution is 2.48. The Kier molecular flexibility index (Phi) is 9.24. The molecule has 15 aromatic rings. The van der Waals surface area contributed by atoms with Gasteiger partial charge < -0.3 is 27.5 Å². The summed E-state index contributed by atoms with van der Waals surface area (Å²) in [5.74, 6) is 0.841. The summed E-state index contributed by atoms with van der Waals surface area (Å²) < 4.78 is 26.5. The van der Waals surface area contributed by atoms with Crippen LogP contribution in [0.3, 0.4) is 0 Å². The zero-order valence-corrected chi connectivity index (χ0v) is 41.3. The molecule has 0 bridgehead atoms. The Morgan fingerprint density at radius 2 is 0.743 bits per heavy atom. The molecule has 0 aliphatic carbocycles. The first-order chi connectivity index (χ1) is 36.3. The number of fused-ring (bicyclic) bond motifs is 16. The maximum absolute atomic E-state index is 7.00. The maximum Gasteiger partial charge on any atom is 0.143 e. The molecule has 0 N–H and O–H groups in total. The zero-order chi connectivity index (χ0) is 49.3. The highest BCUT2D eigenvalue weighted by molar-refractivity contribution is 6.26. The second kappa shape index (κ2) is 16.1. The van der Waals surface area contributed by atoms with Crippen LogP contribution < -0.4 is 9.80 Å². The molecule has 0 fully saturated rings. The van der Waals surface area contributed by atoms with Crippen LogP contribution >= 0.6 is 0 Å². The lowest BCUT2D eigenvalue weighted by Gasteiger charge is -2.27. The number of furan rings is 4. The topological polar surface area (TPSA) is 59.0 Å². The smallest absolute Gasteiger partial charge is 0.143 e. The third kappa shape index (κ3) is 6.51. The van der Waals surface area contributed by atoms with Crippen LogP contribution in [0.25, 0.3) is 109 Å². The van der Waals surface area contributed by atoms with Gasteiger partial charge in [-0.1, -0.05) is 119 Å². The van der Waals surface area contributed by atoms with E-state index < -0.39 is 0 Å². The van der Waals surface area contributed by atoms with Crippen LogP contribution in [0.15, 0.2) is 224 Å². The molecule has 11 aromatic carbocycles. The van der Waals surface area contributed by atoms with Crippen molar-refractivity contribution in [1.29, 1.82) is 0 Å². The lowest BCUT2D eigenvalue weighted by molar-refractivity contribution is 0.665. The molecule has 0 atom stereocenters. The van der Waals surface area contributed by atoms with Crippen LogP contribution in [0, 0.1) is 0 Å². The quantitative estimate of drug-likeness (QED) is 0.151.